The van der Waals surface area contributed by atoms with Crippen LogP contribution in [0.1, 0.15) is 28.1 Å². The van der Waals surface area contributed by atoms with Gasteiger partial charge in [-0.1, -0.05) is 12.1 Å². The lowest BCUT2D eigenvalue weighted by atomic mass is 10.2. The Morgan fingerprint density at radius 3 is 2.69 bits per heavy atom. The summed E-state index contributed by atoms with van der Waals surface area (Å²) in [5, 5.41) is 4.55. The molecule has 0 radical (unpaired) electrons. The highest BCUT2D eigenvalue weighted by molar-refractivity contribution is 7.89. The topological polar surface area (TPSA) is 102 Å². The van der Waals surface area contributed by atoms with Gasteiger partial charge >= 0.3 is 5.97 Å². The van der Waals surface area contributed by atoms with Crippen molar-refractivity contribution in [3.8, 4) is 0 Å². The summed E-state index contributed by atoms with van der Waals surface area (Å²) in [4.78, 5) is 24.8. The van der Waals surface area contributed by atoms with Crippen molar-refractivity contribution in [2.24, 2.45) is 0 Å². The minimum Gasteiger partial charge on any atom is -0.452 e. The van der Waals surface area contributed by atoms with Gasteiger partial charge in [0.2, 0.25) is 10.0 Å². The zero-order valence-corrected chi connectivity index (χ0v) is 15.4. The molecule has 1 aromatic carbocycles. The molecule has 0 unspecified atom stereocenters. The number of amides is 1. The largest absolute Gasteiger partial charge is 0.452 e. The van der Waals surface area contributed by atoms with Crippen LogP contribution in [0.4, 0.5) is 0 Å². The molecule has 1 aliphatic rings. The van der Waals surface area contributed by atoms with Crippen molar-refractivity contribution in [3.63, 3.8) is 0 Å². The SMILES string of the molecule is O=C(COC(=O)c1cccc(S(=O)(=O)NC2CC2)c1)NCc1cccs1. The minimum atomic E-state index is -3.65. The summed E-state index contributed by atoms with van der Waals surface area (Å²) >= 11 is 1.51. The van der Waals surface area contributed by atoms with Crippen LogP contribution in [0.2, 0.25) is 0 Å². The molecule has 1 saturated carbocycles. The third-order valence-corrected chi connectivity index (χ3v) is 6.05. The molecular formula is C17H18N2O5S2. The predicted molar refractivity (Wildman–Crippen MR) is 96.2 cm³/mol. The van der Waals surface area contributed by atoms with Crippen molar-refractivity contribution in [1.82, 2.24) is 10.0 Å². The standard InChI is InChI=1S/C17H18N2O5S2/c20-16(18-10-14-4-2-8-25-14)11-24-17(21)12-3-1-5-15(9-12)26(22,23)19-13-6-7-13/h1-5,8-9,13,19H,6-7,10-11H2,(H,18,20). The van der Waals surface area contributed by atoms with Crippen LogP contribution in [0.15, 0.2) is 46.7 Å². The Balaban J connectivity index is 1.54. The maximum Gasteiger partial charge on any atom is 0.338 e. The van der Waals surface area contributed by atoms with E-state index >= 15 is 0 Å². The monoisotopic (exact) mass is 394 g/mol. The molecular weight excluding hydrogens is 376 g/mol. The van der Waals surface area contributed by atoms with E-state index in [0.29, 0.717) is 6.54 Å². The van der Waals surface area contributed by atoms with E-state index in [-0.39, 0.29) is 16.5 Å². The van der Waals surface area contributed by atoms with Gasteiger partial charge in [-0.25, -0.2) is 17.9 Å². The van der Waals surface area contributed by atoms with Gasteiger partial charge in [-0.2, -0.15) is 0 Å². The maximum atomic E-state index is 12.2. The number of sulfonamides is 1. The number of rotatable bonds is 8. The highest BCUT2D eigenvalue weighted by Crippen LogP contribution is 2.22. The molecule has 2 aromatic rings. The predicted octanol–water partition coefficient (Wildman–Crippen LogP) is 1.66. The summed E-state index contributed by atoms with van der Waals surface area (Å²) in [7, 11) is -3.65. The third-order valence-electron chi connectivity index (χ3n) is 3.65. The molecule has 0 saturated heterocycles. The summed E-state index contributed by atoms with van der Waals surface area (Å²) in [6, 6.07) is 9.31. The van der Waals surface area contributed by atoms with Crippen LogP contribution in [-0.4, -0.2) is 32.9 Å². The molecule has 0 atom stereocenters. The maximum absolute atomic E-state index is 12.2. The number of carbonyl (C=O) groups excluding carboxylic acids is 2. The lowest BCUT2D eigenvalue weighted by Crippen LogP contribution is -2.28. The second kappa shape index (κ2) is 7.98. The van der Waals surface area contributed by atoms with Crippen LogP contribution in [-0.2, 0) is 26.1 Å². The van der Waals surface area contributed by atoms with Gasteiger partial charge in [-0.15, -0.1) is 11.3 Å². The zero-order chi connectivity index (χ0) is 18.6. The van der Waals surface area contributed by atoms with Gasteiger partial charge in [0.1, 0.15) is 0 Å². The van der Waals surface area contributed by atoms with E-state index in [0.717, 1.165) is 17.7 Å². The Hall–Kier alpha value is -2.23. The average molecular weight is 394 g/mol. The molecule has 0 aliphatic heterocycles. The normalized spacial score (nSPS) is 14.0. The Bertz CT molecular complexity index is 890. The summed E-state index contributed by atoms with van der Waals surface area (Å²) < 4.78 is 31.9. The Morgan fingerprint density at radius 2 is 2.00 bits per heavy atom. The minimum absolute atomic E-state index is 0.000923. The van der Waals surface area contributed by atoms with Gasteiger partial charge in [-0.05, 0) is 42.5 Å². The number of nitrogens with one attached hydrogen (secondary N) is 2. The fraction of sp³-hybridized carbons (Fsp3) is 0.294. The molecule has 1 fully saturated rings. The number of ether oxygens (including phenoxy) is 1. The first-order valence-electron chi connectivity index (χ1n) is 8.02. The van der Waals surface area contributed by atoms with E-state index in [9.17, 15) is 18.0 Å². The van der Waals surface area contributed by atoms with E-state index in [4.69, 9.17) is 4.74 Å². The van der Waals surface area contributed by atoms with Gasteiger partial charge < -0.3 is 10.1 Å². The van der Waals surface area contributed by atoms with Crippen molar-refractivity contribution in [1.29, 1.82) is 0 Å². The highest BCUT2D eigenvalue weighted by Gasteiger charge is 2.28. The van der Waals surface area contributed by atoms with Gasteiger partial charge in [-0.3, -0.25) is 4.79 Å². The second-order valence-electron chi connectivity index (χ2n) is 5.86. The van der Waals surface area contributed by atoms with Gasteiger partial charge in [0, 0.05) is 10.9 Å². The van der Waals surface area contributed by atoms with Crippen molar-refractivity contribution >= 4 is 33.2 Å². The van der Waals surface area contributed by atoms with Crippen molar-refractivity contribution < 1.29 is 22.7 Å². The molecule has 1 amide bonds. The van der Waals surface area contributed by atoms with Crippen LogP contribution in [0.25, 0.3) is 0 Å². The fourth-order valence-corrected chi connectivity index (χ4v) is 4.14. The summed E-state index contributed by atoms with van der Waals surface area (Å²) in [5.41, 5.74) is 0.0785. The molecule has 9 heteroatoms. The highest BCUT2D eigenvalue weighted by atomic mass is 32.2. The van der Waals surface area contributed by atoms with Crippen molar-refractivity contribution in [2.45, 2.75) is 30.3 Å². The third kappa shape index (κ3) is 5.13. The molecule has 3 rings (SSSR count). The molecule has 0 bridgehead atoms. The molecule has 7 nitrogen and oxygen atoms in total. The smallest absolute Gasteiger partial charge is 0.338 e. The molecule has 0 spiro atoms. The van der Waals surface area contributed by atoms with Crippen LogP contribution in [0.5, 0.6) is 0 Å². The van der Waals surface area contributed by atoms with E-state index in [1.807, 2.05) is 17.5 Å². The number of hydrogen-bond donors (Lipinski definition) is 2. The van der Waals surface area contributed by atoms with E-state index in [2.05, 4.69) is 10.0 Å². The molecule has 138 valence electrons. The Kier molecular flexibility index (Phi) is 5.70. The zero-order valence-electron chi connectivity index (χ0n) is 13.8. The Labute approximate surface area is 155 Å². The van der Waals surface area contributed by atoms with E-state index in [1.54, 1.807) is 0 Å². The first-order chi connectivity index (χ1) is 12.4. The van der Waals surface area contributed by atoms with Gasteiger partial charge in [0.25, 0.3) is 5.91 Å². The molecule has 1 aliphatic carbocycles. The first kappa shape index (κ1) is 18.6. The van der Waals surface area contributed by atoms with Crippen molar-refractivity contribution in [2.75, 3.05) is 6.61 Å². The average Bonchev–Trinajstić information content (AvgIpc) is 3.27. The number of carbonyl (C=O) groups is 2. The lowest BCUT2D eigenvalue weighted by molar-refractivity contribution is -0.124. The summed E-state index contributed by atoms with van der Waals surface area (Å²) in [6.45, 7) is -0.0594. The molecule has 26 heavy (non-hydrogen) atoms. The summed E-state index contributed by atoms with van der Waals surface area (Å²) in [5.74, 6) is -1.18. The lowest BCUT2D eigenvalue weighted by Gasteiger charge is -2.08. The molecule has 2 N–H and O–H groups in total. The van der Waals surface area contributed by atoms with Crippen LogP contribution < -0.4 is 10.0 Å². The number of esters is 1. The van der Waals surface area contributed by atoms with Crippen LogP contribution in [0.3, 0.4) is 0 Å². The molecule has 1 heterocycles. The van der Waals surface area contributed by atoms with Gasteiger partial charge in [0.05, 0.1) is 17.0 Å². The van der Waals surface area contributed by atoms with Crippen LogP contribution >= 0.6 is 11.3 Å². The van der Waals surface area contributed by atoms with Crippen molar-refractivity contribution in [3.05, 3.63) is 52.2 Å². The molecule has 1 aromatic heterocycles. The second-order valence-corrected chi connectivity index (χ2v) is 8.60. The van der Waals surface area contributed by atoms with Crippen LogP contribution in [0, 0.1) is 0 Å². The fourth-order valence-electron chi connectivity index (χ4n) is 2.14. The first-order valence-corrected chi connectivity index (χ1v) is 10.4. The van der Waals surface area contributed by atoms with E-state index < -0.39 is 28.5 Å². The Morgan fingerprint density at radius 1 is 1.19 bits per heavy atom. The van der Waals surface area contributed by atoms with Gasteiger partial charge in [0.15, 0.2) is 6.61 Å². The number of hydrogen-bond acceptors (Lipinski definition) is 6. The number of benzene rings is 1. The summed E-state index contributed by atoms with van der Waals surface area (Å²) in [6.07, 6.45) is 1.64. The quantitative estimate of drug-likeness (QED) is 0.663. The van der Waals surface area contributed by atoms with E-state index in [1.165, 1.54) is 35.6 Å². The number of thiophene rings is 1.